The average molecular weight is 386 g/mol. The van der Waals surface area contributed by atoms with Gasteiger partial charge in [0.15, 0.2) is 6.04 Å². The molecule has 1 atom stereocenters. The number of halogens is 2. The van der Waals surface area contributed by atoms with Crippen molar-refractivity contribution >= 4 is 23.2 Å². The van der Waals surface area contributed by atoms with E-state index in [1.54, 1.807) is 12.1 Å². The molecule has 2 aliphatic rings. The van der Waals surface area contributed by atoms with Crippen LogP contribution in [-0.4, -0.2) is 37.0 Å². The number of likely N-dealkylation sites (tertiary alicyclic amines) is 1. The van der Waals surface area contributed by atoms with Crippen molar-refractivity contribution in [3.05, 3.63) is 60.2 Å². The molecule has 2 amide bonds. The second-order valence-electron chi connectivity index (χ2n) is 7.38. The van der Waals surface area contributed by atoms with E-state index in [0.29, 0.717) is 5.69 Å². The molecule has 2 N–H and O–H groups in total. The monoisotopic (exact) mass is 386 g/mol. The van der Waals surface area contributed by atoms with Crippen molar-refractivity contribution in [1.29, 1.82) is 0 Å². The van der Waals surface area contributed by atoms with E-state index in [9.17, 15) is 18.4 Å². The summed E-state index contributed by atoms with van der Waals surface area (Å²) in [5, 5.41) is 3.40. The summed E-state index contributed by atoms with van der Waals surface area (Å²) in [5.41, 5.74) is 1.30. The van der Waals surface area contributed by atoms with Crippen LogP contribution in [0.3, 0.4) is 0 Å². The Morgan fingerprint density at radius 1 is 0.893 bits per heavy atom. The fourth-order valence-electron chi connectivity index (χ4n) is 4.08. The zero-order chi connectivity index (χ0) is 19.7. The summed E-state index contributed by atoms with van der Waals surface area (Å²) in [7, 11) is 0. The van der Waals surface area contributed by atoms with Crippen LogP contribution in [0.4, 0.5) is 20.2 Å². The van der Waals surface area contributed by atoms with E-state index in [1.807, 2.05) is 0 Å². The Morgan fingerprint density at radius 2 is 1.46 bits per heavy atom. The number of nitrogens with zero attached hydrogens (tertiary/aromatic N) is 1. The van der Waals surface area contributed by atoms with Crippen molar-refractivity contribution in [2.24, 2.45) is 0 Å². The largest absolute Gasteiger partial charge is 0.382 e. The molecule has 2 aromatic rings. The number of anilines is 2. The van der Waals surface area contributed by atoms with Crippen LogP contribution in [-0.2, 0) is 9.59 Å². The normalized spacial score (nSPS) is 25.2. The third-order valence-corrected chi connectivity index (χ3v) is 5.57. The fourth-order valence-corrected chi connectivity index (χ4v) is 4.08. The smallest absolute Gasteiger partial charge is 0.292 e. The predicted molar refractivity (Wildman–Crippen MR) is 101 cm³/mol. The van der Waals surface area contributed by atoms with Crippen LogP contribution in [0.1, 0.15) is 19.3 Å². The van der Waals surface area contributed by atoms with Crippen LogP contribution in [0.15, 0.2) is 48.5 Å². The van der Waals surface area contributed by atoms with Gasteiger partial charge >= 0.3 is 0 Å². The number of benzene rings is 2. The molecule has 7 heteroatoms. The van der Waals surface area contributed by atoms with Crippen LogP contribution < -0.4 is 15.1 Å². The average Bonchev–Trinajstić information content (AvgIpc) is 2.99. The molecule has 0 aliphatic carbocycles. The number of rotatable bonds is 4. The Kier molecular flexibility index (Phi) is 5.09. The number of piperidine rings is 1. The molecule has 0 unspecified atom stereocenters. The molecule has 2 fully saturated rings. The second kappa shape index (κ2) is 7.67. The zero-order valence-electron chi connectivity index (χ0n) is 15.3. The van der Waals surface area contributed by atoms with Gasteiger partial charge in [0.2, 0.25) is 5.91 Å². The SMILES string of the molecule is O=C1C[C@@H]([NH+]2CCC(Nc3ccc(F)cc3)CC2)C(=O)N1c1ccc(F)cc1. The molecular formula is C21H22F2N3O2+. The molecule has 0 bridgehead atoms. The first kappa shape index (κ1) is 18.6. The van der Waals surface area contributed by atoms with E-state index in [2.05, 4.69) is 5.32 Å². The number of amides is 2. The van der Waals surface area contributed by atoms with E-state index in [4.69, 9.17) is 0 Å². The van der Waals surface area contributed by atoms with Gasteiger partial charge in [-0.3, -0.25) is 9.59 Å². The van der Waals surface area contributed by atoms with E-state index < -0.39 is 5.82 Å². The van der Waals surface area contributed by atoms with Gasteiger partial charge in [-0.2, -0.15) is 0 Å². The highest BCUT2D eigenvalue weighted by Crippen LogP contribution is 2.22. The van der Waals surface area contributed by atoms with Gasteiger partial charge in [0.25, 0.3) is 5.91 Å². The molecule has 2 aromatic carbocycles. The third-order valence-electron chi connectivity index (χ3n) is 5.57. The number of nitrogens with one attached hydrogen (secondary N) is 2. The van der Waals surface area contributed by atoms with E-state index in [0.717, 1.165) is 36.5 Å². The number of carbonyl (C=O) groups is 2. The molecule has 0 aromatic heterocycles. The zero-order valence-corrected chi connectivity index (χ0v) is 15.3. The number of imide groups is 1. The molecule has 2 aliphatic heterocycles. The van der Waals surface area contributed by atoms with Gasteiger partial charge in [-0.1, -0.05) is 0 Å². The molecule has 0 spiro atoms. The molecule has 2 saturated heterocycles. The van der Waals surface area contributed by atoms with Crippen molar-refractivity contribution in [2.75, 3.05) is 23.3 Å². The number of hydrogen-bond acceptors (Lipinski definition) is 3. The minimum Gasteiger partial charge on any atom is -0.382 e. The van der Waals surface area contributed by atoms with Crippen LogP contribution in [0, 0.1) is 11.6 Å². The molecule has 4 rings (SSSR count). The van der Waals surface area contributed by atoms with Crippen molar-refractivity contribution in [2.45, 2.75) is 31.3 Å². The second-order valence-corrected chi connectivity index (χ2v) is 7.38. The third kappa shape index (κ3) is 3.75. The Morgan fingerprint density at radius 3 is 2.07 bits per heavy atom. The minimum absolute atomic E-state index is 0.182. The van der Waals surface area contributed by atoms with Crippen molar-refractivity contribution in [3.8, 4) is 0 Å². The standard InChI is InChI=1S/C21H21F2N3O2/c22-14-1-5-16(6-2-14)24-17-9-11-25(12-10-17)19-13-20(27)26(21(19)28)18-7-3-15(23)4-8-18/h1-8,17,19,24H,9-13H2/p+1/t19-/m1/s1. The first-order chi connectivity index (χ1) is 13.5. The number of carbonyl (C=O) groups excluding carboxylic acids is 2. The summed E-state index contributed by atoms with van der Waals surface area (Å²) in [6.45, 7) is 1.56. The highest BCUT2D eigenvalue weighted by Gasteiger charge is 2.46. The number of hydrogen-bond donors (Lipinski definition) is 2. The van der Waals surface area contributed by atoms with Gasteiger partial charge in [-0.15, -0.1) is 0 Å². The number of quaternary nitrogens is 1. The van der Waals surface area contributed by atoms with Crippen molar-refractivity contribution in [3.63, 3.8) is 0 Å². The van der Waals surface area contributed by atoms with Gasteiger partial charge in [0.1, 0.15) is 11.6 Å². The first-order valence-corrected chi connectivity index (χ1v) is 9.50. The lowest BCUT2D eigenvalue weighted by atomic mass is 10.0. The van der Waals surface area contributed by atoms with Gasteiger partial charge < -0.3 is 10.2 Å². The lowest BCUT2D eigenvalue weighted by molar-refractivity contribution is -0.919. The molecule has 2 heterocycles. The van der Waals surface area contributed by atoms with Crippen LogP contribution in [0.5, 0.6) is 0 Å². The van der Waals surface area contributed by atoms with Crippen molar-refractivity contribution < 1.29 is 23.3 Å². The van der Waals surface area contributed by atoms with Gasteiger partial charge in [0.05, 0.1) is 25.2 Å². The van der Waals surface area contributed by atoms with Gasteiger partial charge in [-0.05, 0) is 48.5 Å². The molecule has 0 saturated carbocycles. The van der Waals surface area contributed by atoms with E-state index in [1.165, 1.54) is 41.3 Å². The minimum atomic E-state index is -0.402. The van der Waals surface area contributed by atoms with Crippen LogP contribution in [0.25, 0.3) is 0 Å². The maximum absolute atomic E-state index is 13.1. The summed E-state index contributed by atoms with van der Waals surface area (Å²) < 4.78 is 26.1. The summed E-state index contributed by atoms with van der Waals surface area (Å²) in [6.07, 6.45) is 1.91. The van der Waals surface area contributed by atoms with Crippen LogP contribution in [0.2, 0.25) is 0 Å². The molecular weight excluding hydrogens is 364 g/mol. The lowest BCUT2D eigenvalue weighted by Gasteiger charge is -2.32. The maximum Gasteiger partial charge on any atom is 0.292 e. The van der Waals surface area contributed by atoms with Gasteiger partial charge in [-0.25, -0.2) is 13.7 Å². The molecule has 28 heavy (non-hydrogen) atoms. The highest BCUT2D eigenvalue weighted by atomic mass is 19.1. The molecule has 5 nitrogen and oxygen atoms in total. The van der Waals surface area contributed by atoms with Crippen molar-refractivity contribution in [1.82, 2.24) is 0 Å². The Balaban J connectivity index is 1.37. The summed E-state index contributed by atoms with van der Waals surface area (Å²) in [6, 6.07) is 11.6. The quantitative estimate of drug-likeness (QED) is 0.788. The topological polar surface area (TPSA) is 53.9 Å². The fraction of sp³-hybridized carbons (Fsp3) is 0.333. The summed E-state index contributed by atoms with van der Waals surface area (Å²) in [4.78, 5) is 27.5. The Hall–Kier alpha value is -2.80. The van der Waals surface area contributed by atoms with Gasteiger partial charge in [0, 0.05) is 24.6 Å². The maximum atomic E-state index is 13.1. The van der Waals surface area contributed by atoms with Crippen LogP contribution >= 0.6 is 0 Å². The predicted octanol–water partition coefficient (Wildman–Crippen LogP) is 1.76. The van der Waals surface area contributed by atoms with E-state index in [-0.39, 0.29) is 36.1 Å². The molecule has 0 radical (unpaired) electrons. The lowest BCUT2D eigenvalue weighted by Crippen LogP contribution is -3.17. The Bertz CT molecular complexity index is 862. The first-order valence-electron chi connectivity index (χ1n) is 9.50. The Labute approximate surface area is 161 Å². The summed E-state index contributed by atoms with van der Waals surface area (Å²) >= 11 is 0. The molecule has 146 valence electrons. The summed E-state index contributed by atoms with van der Waals surface area (Å²) in [5.74, 6) is -1.11. The highest BCUT2D eigenvalue weighted by molar-refractivity contribution is 6.21. The van der Waals surface area contributed by atoms with E-state index >= 15 is 0 Å².